The maximum atomic E-state index is 4.59. The Morgan fingerprint density at radius 3 is 2.89 bits per heavy atom. The summed E-state index contributed by atoms with van der Waals surface area (Å²) in [7, 11) is 1.99. The highest BCUT2D eigenvalue weighted by atomic mass is 15.3. The van der Waals surface area contributed by atoms with Crippen molar-refractivity contribution in [3.63, 3.8) is 0 Å². The predicted octanol–water partition coefficient (Wildman–Crippen LogP) is 1.72. The van der Waals surface area contributed by atoms with Crippen molar-refractivity contribution in [1.29, 1.82) is 0 Å². The third-order valence-electron chi connectivity index (χ3n) is 4.03. The lowest BCUT2D eigenvalue weighted by molar-refractivity contribution is 0.232. The minimum Gasteiger partial charge on any atom is -0.355 e. The summed E-state index contributed by atoms with van der Waals surface area (Å²) < 4.78 is 0. The standard InChI is InChI=1S/C15H26N4/c1-4-18(5-2)14-8-10-19(12-14)15-13(11-16-3)7-6-9-17-15/h6-7,9,14,16H,4-5,8,10-12H2,1-3H3. The number of nitrogens with zero attached hydrogens (tertiary/aromatic N) is 3. The summed E-state index contributed by atoms with van der Waals surface area (Å²) in [6.45, 7) is 9.89. The van der Waals surface area contributed by atoms with Crippen LogP contribution in [0.4, 0.5) is 5.82 Å². The molecule has 0 saturated carbocycles. The maximum Gasteiger partial charge on any atom is 0.133 e. The molecule has 1 fully saturated rings. The summed E-state index contributed by atoms with van der Waals surface area (Å²) in [6, 6.07) is 4.87. The van der Waals surface area contributed by atoms with Crippen LogP contribution >= 0.6 is 0 Å². The van der Waals surface area contributed by atoms with Crippen LogP contribution in [0.25, 0.3) is 0 Å². The van der Waals surface area contributed by atoms with Crippen molar-refractivity contribution < 1.29 is 0 Å². The predicted molar refractivity (Wildman–Crippen MR) is 80.5 cm³/mol. The van der Waals surface area contributed by atoms with Gasteiger partial charge < -0.3 is 10.2 Å². The summed E-state index contributed by atoms with van der Waals surface area (Å²) in [5, 5.41) is 3.23. The molecule has 1 aliphatic rings. The molecule has 0 bridgehead atoms. The Hall–Kier alpha value is -1.13. The van der Waals surface area contributed by atoms with Gasteiger partial charge >= 0.3 is 0 Å². The van der Waals surface area contributed by atoms with Gasteiger partial charge in [0.1, 0.15) is 5.82 Å². The molecule has 0 radical (unpaired) electrons. The van der Waals surface area contributed by atoms with Gasteiger partial charge in [-0.25, -0.2) is 4.98 Å². The minimum atomic E-state index is 0.680. The second kappa shape index (κ2) is 6.87. The van der Waals surface area contributed by atoms with Crippen LogP contribution in [0.1, 0.15) is 25.8 Å². The third-order valence-corrected chi connectivity index (χ3v) is 4.03. The van der Waals surface area contributed by atoms with Gasteiger partial charge in [-0.05, 0) is 32.6 Å². The van der Waals surface area contributed by atoms with Gasteiger partial charge in [-0.1, -0.05) is 19.9 Å². The smallest absolute Gasteiger partial charge is 0.133 e. The fourth-order valence-electron chi connectivity index (χ4n) is 3.02. The molecule has 1 N–H and O–H groups in total. The van der Waals surface area contributed by atoms with E-state index in [0.29, 0.717) is 6.04 Å². The van der Waals surface area contributed by atoms with Crippen molar-refractivity contribution in [2.45, 2.75) is 32.9 Å². The van der Waals surface area contributed by atoms with Gasteiger partial charge in [-0.15, -0.1) is 0 Å². The number of aromatic nitrogens is 1. The molecule has 1 atom stereocenters. The van der Waals surface area contributed by atoms with Crippen molar-refractivity contribution in [3.8, 4) is 0 Å². The Labute approximate surface area is 116 Å². The monoisotopic (exact) mass is 262 g/mol. The zero-order valence-electron chi connectivity index (χ0n) is 12.4. The minimum absolute atomic E-state index is 0.680. The molecule has 1 aromatic heterocycles. The molecule has 2 rings (SSSR count). The molecule has 0 amide bonds. The van der Waals surface area contributed by atoms with Crippen LogP contribution < -0.4 is 10.2 Å². The van der Waals surface area contributed by atoms with Crippen LogP contribution in [0, 0.1) is 0 Å². The van der Waals surface area contributed by atoms with Gasteiger partial charge in [0.05, 0.1) is 0 Å². The van der Waals surface area contributed by atoms with Crippen LogP contribution in [0.15, 0.2) is 18.3 Å². The van der Waals surface area contributed by atoms with Gasteiger partial charge in [0.25, 0.3) is 0 Å². The van der Waals surface area contributed by atoms with E-state index in [1.165, 1.54) is 12.0 Å². The van der Waals surface area contributed by atoms with E-state index in [2.05, 4.69) is 40.0 Å². The topological polar surface area (TPSA) is 31.4 Å². The van der Waals surface area contributed by atoms with Gasteiger partial charge in [0, 0.05) is 37.4 Å². The van der Waals surface area contributed by atoms with Gasteiger partial charge in [-0.3, -0.25) is 4.90 Å². The molecular formula is C15H26N4. The number of pyridine rings is 1. The van der Waals surface area contributed by atoms with E-state index in [-0.39, 0.29) is 0 Å². The van der Waals surface area contributed by atoms with Crippen LogP contribution in [0.2, 0.25) is 0 Å². The Bertz CT molecular complexity index is 389. The Morgan fingerprint density at radius 1 is 1.42 bits per heavy atom. The largest absolute Gasteiger partial charge is 0.355 e. The number of likely N-dealkylation sites (N-methyl/N-ethyl adjacent to an activating group) is 1. The van der Waals surface area contributed by atoms with Crippen molar-refractivity contribution >= 4 is 5.82 Å². The number of anilines is 1. The van der Waals surface area contributed by atoms with Gasteiger partial charge in [0.15, 0.2) is 0 Å². The molecule has 106 valence electrons. The first-order valence-electron chi connectivity index (χ1n) is 7.37. The molecule has 0 aliphatic carbocycles. The third kappa shape index (κ3) is 3.25. The molecule has 1 saturated heterocycles. The van der Waals surface area contributed by atoms with Crippen molar-refractivity contribution in [2.75, 3.05) is 38.1 Å². The Balaban J connectivity index is 2.08. The SMILES string of the molecule is CCN(CC)C1CCN(c2ncccc2CNC)C1. The summed E-state index contributed by atoms with van der Waals surface area (Å²) in [5.74, 6) is 1.16. The number of hydrogen-bond donors (Lipinski definition) is 1. The van der Waals surface area contributed by atoms with E-state index < -0.39 is 0 Å². The summed E-state index contributed by atoms with van der Waals surface area (Å²) in [6.07, 6.45) is 3.15. The first-order valence-corrected chi connectivity index (χ1v) is 7.37. The fraction of sp³-hybridized carbons (Fsp3) is 0.667. The lowest BCUT2D eigenvalue weighted by Gasteiger charge is -2.27. The van der Waals surface area contributed by atoms with Crippen LogP contribution in [-0.4, -0.2) is 49.2 Å². The highest BCUT2D eigenvalue weighted by Crippen LogP contribution is 2.24. The quantitative estimate of drug-likeness (QED) is 0.846. The van der Waals surface area contributed by atoms with E-state index in [4.69, 9.17) is 0 Å². The van der Waals surface area contributed by atoms with Crippen molar-refractivity contribution in [3.05, 3.63) is 23.9 Å². The summed E-state index contributed by atoms with van der Waals surface area (Å²) in [4.78, 5) is 9.59. The summed E-state index contributed by atoms with van der Waals surface area (Å²) in [5.41, 5.74) is 1.30. The maximum absolute atomic E-state index is 4.59. The lowest BCUT2D eigenvalue weighted by Crippen LogP contribution is -2.37. The van der Waals surface area contributed by atoms with E-state index >= 15 is 0 Å². The molecule has 4 nitrogen and oxygen atoms in total. The number of rotatable bonds is 6. The Kier molecular flexibility index (Phi) is 5.16. The second-order valence-corrected chi connectivity index (χ2v) is 5.13. The summed E-state index contributed by atoms with van der Waals surface area (Å²) >= 11 is 0. The van der Waals surface area contributed by atoms with E-state index in [1.807, 2.05) is 19.3 Å². The lowest BCUT2D eigenvalue weighted by atomic mass is 10.2. The molecule has 1 aromatic rings. The highest BCUT2D eigenvalue weighted by molar-refractivity contribution is 5.47. The van der Waals surface area contributed by atoms with Gasteiger partial charge in [0.2, 0.25) is 0 Å². The first kappa shape index (κ1) is 14.3. The molecule has 19 heavy (non-hydrogen) atoms. The normalized spacial score (nSPS) is 19.4. The van der Waals surface area contributed by atoms with Crippen molar-refractivity contribution in [2.24, 2.45) is 0 Å². The first-order chi connectivity index (χ1) is 9.30. The zero-order chi connectivity index (χ0) is 13.7. The van der Waals surface area contributed by atoms with E-state index in [0.717, 1.165) is 38.5 Å². The molecule has 0 spiro atoms. The molecule has 1 aliphatic heterocycles. The second-order valence-electron chi connectivity index (χ2n) is 5.13. The molecular weight excluding hydrogens is 236 g/mol. The van der Waals surface area contributed by atoms with E-state index in [1.54, 1.807) is 0 Å². The van der Waals surface area contributed by atoms with Crippen molar-refractivity contribution in [1.82, 2.24) is 15.2 Å². The average Bonchev–Trinajstić information content (AvgIpc) is 2.91. The highest BCUT2D eigenvalue weighted by Gasteiger charge is 2.27. The fourth-order valence-corrected chi connectivity index (χ4v) is 3.02. The molecule has 2 heterocycles. The molecule has 1 unspecified atom stereocenters. The van der Waals surface area contributed by atoms with E-state index in [9.17, 15) is 0 Å². The number of hydrogen-bond acceptors (Lipinski definition) is 4. The van der Waals surface area contributed by atoms with Crippen LogP contribution in [0.3, 0.4) is 0 Å². The average molecular weight is 262 g/mol. The molecule has 0 aromatic carbocycles. The molecule has 4 heteroatoms. The zero-order valence-corrected chi connectivity index (χ0v) is 12.4. The Morgan fingerprint density at radius 2 is 2.21 bits per heavy atom. The van der Waals surface area contributed by atoms with Crippen LogP contribution in [-0.2, 0) is 6.54 Å². The number of nitrogens with one attached hydrogen (secondary N) is 1. The van der Waals surface area contributed by atoms with Crippen LogP contribution in [0.5, 0.6) is 0 Å². The van der Waals surface area contributed by atoms with Gasteiger partial charge in [-0.2, -0.15) is 0 Å².